The molecule has 2 aliphatic rings. The van der Waals surface area contributed by atoms with Crippen LogP contribution in [0.1, 0.15) is 29.8 Å². The fourth-order valence-corrected chi connectivity index (χ4v) is 3.91. The Hall–Kier alpha value is -2.27. The molecule has 0 unspecified atom stereocenters. The Morgan fingerprint density at radius 1 is 1.22 bits per heavy atom. The first-order valence-corrected chi connectivity index (χ1v) is 8.20. The van der Waals surface area contributed by atoms with Gasteiger partial charge in [0.15, 0.2) is 0 Å². The Balaban J connectivity index is 1.53. The molecule has 120 valence electrons. The number of hydrogen-bond acceptors (Lipinski definition) is 3. The minimum Gasteiger partial charge on any atom is -0.399 e. The fourth-order valence-electron chi connectivity index (χ4n) is 3.91. The van der Waals surface area contributed by atoms with E-state index in [4.69, 9.17) is 5.73 Å². The summed E-state index contributed by atoms with van der Waals surface area (Å²) in [7, 11) is 1.93. The van der Waals surface area contributed by atoms with Crippen LogP contribution < -0.4 is 16.4 Å². The zero-order chi connectivity index (χ0) is 16.0. The molecular weight excluding hydrogens is 288 g/mol. The maximum Gasteiger partial charge on any atom is 0.268 e. The van der Waals surface area contributed by atoms with Gasteiger partial charge >= 0.3 is 0 Å². The lowest BCUT2D eigenvalue weighted by Gasteiger charge is -2.21. The van der Waals surface area contributed by atoms with Crippen molar-refractivity contribution in [2.75, 3.05) is 5.73 Å². The van der Waals surface area contributed by atoms with Gasteiger partial charge in [-0.3, -0.25) is 4.79 Å². The van der Waals surface area contributed by atoms with Gasteiger partial charge in [0, 0.05) is 36.6 Å². The van der Waals surface area contributed by atoms with E-state index in [-0.39, 0.29) is 11.9 Å². The van der Waals surface area contributed by atoms with Crippen LogP contribution in [0.2, 0.25) is 0 Å². The Morgan fingerprint density at radius 3 is 2.65 bits per heavy atom. The highest BCUT2D eigenvalue weighted by Crippen LogP contribution is 2.29. The monoisotopic (exact) mass is 310 g/mol. The average Bonchev–Trinajstić information content (AvgIpc) is 3.23. The first kappa shape index (κ1) is 14.3. The summed E-state index contributed by atoms with van der Waals surface area (Å²) >= 11 is 0. The number of fused-ring (bicyclic) bond motifs is 2. The molecule has 4 rings (SSSR count). The van der Waals surface area contributed by atoms with Gasteiger partial charge in [-0.1, -0.05) is 12.1 Å². The van der Waals surface area contributed by atoms with Crippen LogP contribution in [0, 0.1) is 0 Å². The van der Waals surface area contributed by atoms with Crippen molar-refractivity contribution in [1.82, 2.24) is 15.2 Å². The number of nitrogens with zero attached hydrogens (tertiary/aromatic N) is 1. The zero-order valence-electron chi connectivity index (χ0n) is 13.3. The normalized spacial score (nSPS) is 25.7. The van der Waals surface area contributed by atoms with Gasteiger partial charge in [-0.25, -0.2) is 0 Å². The number of carbonyl (C=O) groups excluding carboxylic acids is 1. The number of hydrogen-bond donors (Lipinski definition) is 3. The fraction of sp³-hybridized carbons (Fsp3) is 0.389. The molecule has 4 N–H and O–H groups in total. The van der Waals surface area contributed by atoms with E-state index in [0.29, 0.717) is 17.8 Å². The Bertz CT molecular complexity index is 734. The van der Waals surface area contributed by atoms with Crippen molar-refractivity contribution in [1.29, 1.82) is 0 Å². The van der Waals surface area contributed by atoms with Crippen LogP contribution in [0.4, 0.5) is 5.69 Å². The van der Waals surface area contributed by atoms with E-state index in [0.717, 1.165) is 23.4 Å². The van der Waals surface area contributed by atoms with Crippen molar-refractivity contribution in [2.24, 2.45) is 7.05 Å². The van der Waals surface area contributed by atoms with Crippen molar-refractivity contribution in [3.63, 3.8) is 0 Å². The summed E-state index contributed by atoms with van der Waals surface area (Å²) in [6.07, 6.45) is 3.45. The van der Waals surface area contributed by atoms with Crippen LogP contribution in [0.3, 0.4) is 0 Å². The standard InChI is InChI=1S/C18H22N4O/c1-22-16(11-2-4-12(19)5-3-11)8-9-17(22)18(23)21-15-10-13-6-7-14(15)20-13/h2-5,8-9,13-15,20H,6-7,10,19H2,1H3,(H,21,23)/t13-,14+,15-/m1/s1. The number of carbonyl (C=O) groups is 1. The van der Waals surface area contributed by atoms with Crippen molar-refractivity contribution >= 4 is 11.6 Å². The third-order valence-electron chi connectivity index (χ3n) is 5.18. The number of aromatic nitrogens is 1. The predicted octanol–water partition coefficient (Wildman–Crippen LogP) is 1.90. The van der Waals surface area contributed by atoms with E-state index in [1.54, 1.807) is 0 Å². The zero-order valence-corrected chi connectivity index (χ0v) is 13.3. The molecule has 1 aromatic carbocycles. The van der Waals surface area contributed by atoms with Gasteiger partial charge < -0.3 is 20.9 Å². The van der Waals surface area contributed by atoms with Crippen LogP contribution in [-0.2, 0) is 7.05 Å². The van der Waals surface area contributed by atoms with Gasteiger partial charge in [-0.05, 0) is 49.1 Å². The molecule has 5 heteroatoms. The minimum atomic E-state index is 0.00791. The molecule has 1 amide bonds. The topological polar surface area (TPSA) is 72.1 Å². The molecule has 3 atom stereocenters. The average molecular weight is 310 g/mol. The van der Waals surface area contributed by atoms with Gasteiger partial charge in [-0.15, -0.1) is 0 Å². The molecular formula is C18H22N4O. The van der Waals surface area contributed by atoms with E-state index < -0.39 is 0 Å². The van der Waals surface area contributed by atoms with Gasteiger partial charge in [0.2, 0.25) is 0 Å². The molecule has 3 heterocycles. The molecule has 1 aromatic heterocycles. The number of amides is 1. The largest absolute Gasteiger partial charge is 0.399 e. The molecule has 0 radical (unpaired) electrons. The van der Waals surface area contributed by atoms with Gasteiger partial charge in [0.25, 0.3) is 5.91 Å². The lowest BCUT2D eigenvalue weighted by molar-refractivity contribution is 0.0923. The van der Waals surface area contributed by atoms with Crippen LogP contribution in [0.5, 0.6) is 0 Å². The SMILES string of the molecule is Cn1c(C(=O)N[C@@H]2C[C@H]3CC[C@@H]2N3)ccc1-c1ccc(N)cc1. The molecule has 0 spiro atoms. The number of rotatable bonds is 3. The van der Waals surface area contributed by atoms with Crippen LogP contribution in [-0.4, -0.2) is 28.6 Å². The molecule has 2 saturated heterocycles. The molecule has 5 nitrogen and oxygen atoms in total. The molecule has 0 aliphatic carbocycles. The Kier molecular flexibility index (Phi) is 3.38. The van der Waals surface area contributed by atoms with E-state index in [1.165, 1.54) is 12.8 Å². The molecule has 2 bridgehead atoms. The molecule has 23 heavy (non-hydrogen) atoms. The van der Waals surface area contributed by atoms with E-state index in [1.807, 2.05) is 48.0 Å². The summed E-state index contributed by atoms with van der Waals surface area (Å²) in [6, 6.07) is 12.9. The van der Waals surface area contributed by atoms with Crippen molar-refractivity contribution < 1.29 is 4.79 Å². The summed E-state index contributed by atoms with van der Waals surface area (Å²) in [5, 5.41) is 6.75. The van der Waals surface area contributed by atoms with Gasteiger partial charge in [-0.2, -0.15) is 0 Å². The quantitative estimate of drug-likeness (QED) is 0.758. The summed E-state index contributed by atoms with van der Waals surface area (Å²) in [5.41, 5.74) is 9.25. The third-order valence-corrected chi connectivity index (χ3v) is 5.18. The molecule has 2 aromatic rings. The smallest absolute Gasteiger partial charge is 0.268 e. The predicted molar refractivity (Wildman–Crippen MR) is 91.1 cm³/mol. The second-order valence-corrected chi connectivity index (χ2v) is 6.65. The van der Waals surface area contributed by atoms with Crippen LogP contribution in [0.25, 0.3) is 11.3 Å². The van der Waals surface area contributed by atoms with Crippen molar-refractivity contribution in [3.05, 3.63) is 42.1 Å². The number of nitrogen functional groups attached to an aromatic ring is 1. The number of anilines is 1. The number of benzene rings is 1. The van der Waals surface area contributed by atoms with E-state index in [9.17, 15) is 4.79 Å². The number of nitrogens with one attached hydrogen (secondary N) is 2. The summed E-state index contributed by atoms with van der Waals surface area (Å²) in [6.45, 7) is 0. The Morgan fingerprint density at radius 2 is 2.00 bits per heavy atom. The highest BCUT2D eigenvalue weighted by Gasteiger charge is 2.39. The number of nitrogens with two attached hydrogens (primary N) is 1. The second-order valence-electron chi connectivity index (χ2n) is 6.65. The van der Waals surface area contributed by atoms with Crippen LogP contribution in [0.15, 0.2) is 36.4 Å². The highest BCUT2D eigenvalue weighted by molar-refractivity contribution is 5.94. The van der Waals surface area contributed by atoms with Gasteiger partial charge in [0.05, 0.1) is 0 Å². The van der Waals surface area contributed by atoms with Crippen LogP contribution >= 0.6 is 0 Å². The summed E-state index contributed by atoms with van der Waals surface area (Å²) < 4.78 is 1.95. The maximum atomic E-state index is 12.6. The third kappa shape index (κ3) is 2.51. The lowest BCUT2D eigenvalue weighted by Crippen LogP contribution is -2.43. The molecule has 2 fully saturated rings. The molecule has 0 saturated carbocycles. The Labute approximate surface area is 135 Å². The molecule has 2 aliphatic heterocycles. The second kappa shape index (κ2) is 5.42. The summed E-state index contributed by atoms with van der Waals surface area (Å²) in [4.78, 5) is 12.6. The van der Waals surface area contributed by atoms with E-state index >= 15 is 0 Å². The maximum absolute atomic E-state index is 12.6. The lowest BCUT2D eigenvalue weighted by atomic mass is 9.95. The first-order chi connectivity index (χ1) is 11.1. The van der Waals surface area contributed by atoms with Crippen molar-refractivity contribution in [3.8, 4) is 11.3 Å². The highest BCUT2D eigenvalue weighted by atomic mass is 16.2. The summed E-state index contributed by atoms with van der Waals surface area (Å²) in [5.74, 6) is 0.00791. The van der Waals surface area contributed by atoms with Gasteiger partial charge in [0.1, 0.15) is 5.69 Å². The minimum absolute atomic E-state index is 0.00791. The van der Waals surface area contributed by atoms with E-state index in [2.05, 4.69) is 10.6 Å². The van der Waals surface area contributed by atoms with Crippen molar-refractivity contribution in [2.45, 2.75) is 37.4 Å². The first-order valence-electron chi connectivity index (χ1n) is 8.20.